The van der Waals surface area contributed by atoms with Crippen LogP contribution in [0, 0.1) is 0 Å². The van der Waals surface area contributed by atoms with E-state index < -0.39 is 0 Å². The van der Waals surface area contributed by atoms with Crippen LogP contribution < -0.4 is 5.32 Å². The normalized spacial score (nSPS) is 22.4. The molecule has 1 aromatic heterocycles. The van der Waals surface area contributed by atoms with Gasteiger partial charge < -0.3 is 5.32 Å². The molecule has 3 nitrogen and oxygen atoms in total. The highest BCUT2D eigenvalue weighted by molar-refractivity contribution is 7.99. The van der Waals surface area contributed by atoms with Crippen molar-refractivity contribution in [1.82, 2.24) is 10.3 Å². The van der Waals surface area contributed by atoms with Crippen molar-refractivity contribution in [3.63, 3.8) is 0 Å². The number of thioether (sulfide) groups is 1. The summed E-state index contributed by atoms with van der Waals surface area (Å²) in [4.78, 5) is 16.2. The number of amides is 1. The van der Waals surface area contributed by atoms with Crippen LogP contribution in [0.3, 0.4) is 0 Å². The third-order valence-electron chi connectivity index (χ3n) is 3.51. The number of nitrogens with zero attached hydrogens (tertiary/aromatic N) is 1. The lowest BCUT2D eigenvalue weighted by Gasteiger charge is -2.20. The van der Waals surface area contributed by atoms with E-state index in [1.807, 2.05) is 30.0 Å². The zero-order valence-corrected chi connectivity index (χ0v) is 12.3. The van der Waals surface area contributed by atoms with Gasteiger partial charge in [-0.1, -0.05) is 19.4 Å². The van der Waals surface area contributed by atoms with Gasteiger partial charge in [0.15, 0.2) is 0 Å². The summed E-state index contributed by atoms with van der Waals surface area (Å²) in [5, 5.41) is 3.81. The molecule has 0 spiro atoms. The van der Waals surface area contributed by atoms with E-state index in [-0.39, 0.29) is 5.91 Å². The van der Waals surface area contributed by atoms with Crippen molar-refractivity contribution in [3.8, 4) is 0 Å². The Balaban J connectivity index is 1.75. The second-order valence-electron chi connectivity index (χ2n) is 4.92. The van der Waals surface area contributed by atoms with Crippen molar-refractivity contribution >= 4 is 17.7 Å². The van der Waals surface area contributed by atoms with Gasteiger partial charge in [-0.05, 0) is 37.1 Å². The molecule has 0 saturated heterocycles. The van der Waals surface area contributed by atoms with Crippen molar-refractivity contribution in [1.29, 1.82) is 0 Å². The van der Waals surface area contributed by atoms with Crippen LogP contribution in [0.2, 0.25) is 0 Å². The molecule has 0 aliphatic heterocycles. The molecule has 0 aromatic carbocycles. The summed E-state index contributed by atoms with van der Waals surface area (Å²) in [6, 6.07) is 6.21. The lowest BCUT2D eigenvalue weighted by Crippen LogP contribution is -2.38. The Hall–Kier alpha value is -1.03. The fourth-order valence-electron chi connectivity index (χ4n) is 2.57. The second kappa shape index (κ2) is 7.53. The minimum atomic E-state index is 0.166. The Bertz CT molecular complexity index is 396. The fourth-order valence-corrected chi connectivity index (χ4v) is 3.77. The van der Waals surface area contributed by atoms with Gasteiger partial charge in [-0.25, -0.2) is 0 Å². The quantitative estimate of drug-likeness (QED) is 0.870. The minimum Gasteiger partial charge on any atom is -0.352 e. The summed E-state index contributed by atoms with van der Waals surface area (Å²) in [7, 11) is 0. The molecule has 4 heteroatoms. The Labute approximate surface area is 119 Å². The molecule has 1 fully saturated rings. The molecule has 0 radical (unpaired) electrons. The molecule has 2 atom stereocenters. The number of aryl methyl sites for hydroxylation is 1. The number of pyridine rings is 1. The van der Waals surface area contributed by atoms with E-state index in [2.05, 4.69) is 17.2 Å². The largest absolute Gasteiger partial charge is 0.352 e. The lowest BCUT2D eigenvalue weighted by molar-refractivity contribution is -0.121. The number of rotatable bonds is 6. The van der Waals surface area contributed by atoms with Crippen LogP contribution >= 0.6 is 11.8 Å². The number of carbonyl (C=O) groups is 1. The number of hydrogen-bond acceptors (Lipinski definition) is 3. The average molecular weight is 278 g/mol. The summed E-state index contributed by atoms with van der Waals surface area (Å²) >= 11 is 1.98. The maximum absolute atomic E-state index is 12.0. The second-order valence-corrected chi connectivity index (χ2v) is 6.44. The Morgan fingerprint density at radius 1 is 1.47 bits per heavy atom. The smallest absolute Gasteiger partial charge is 0.220 e. The number of hydrogen-bond donors (Lipinski definition) is 1. The molecule has 0 unspecified atom stereocenters. The van der Waals surface area contributed by atoms with Gasteiger partial charge in [0.2, 0.25) is 5.91 Å². The molecule has 1 aliphatic carbocycles. The van der Waals surface area contributed by atoms with Gasteiger partial charge in [-0.15, -0.1) is 0 Å². The van der Waals surface area contributed by atoms with Crippen molar-refractivity contribution in [3.05, 3.63) is 30.1 Å². The van der Waals surface area contributed by atoms with Crippen LogP contribution in [0.25, 0.3) is 0 Å². The molecule has 19 heavy (non-hydrogen) atoms. The maximum atomic E-state index is 12.0. The highest BCUT2D eigenvalue weighted by Gasteiger charge is 2.28. The topological polar surface area (TPSA) is 42.0 Å². The van der Waals surface area contributed by atoms with Gasteiger partial charge in [0.05, 0.1) is 0 Å². The van der Waals surface area contributed by atoms with Crippen LogP contribution in [-0.2, 0) is 11.2 Å². The minimum absolute atomic E-state index is 0.166. The molecule has 1 aliphatic rings. The van der Waals surface area contributed by atoms with Crippen molar-refractivity contribution < 1.29 is 4.79 Å². The monoisotopic (exact) mass is 278 g/mol. The summed E-state index contributed by atoms with van der Waals surface area (Å²) in [6.07, 6.45) is 6.65. The Morgan fingerprint density at radius 2 is 2.37 bits per heavy atom. The third-order valence-corrected chi connectivity index (χ3v) is 4.84. The molecule has 1 amide bonds. The van der Waals surface area contributed by atoms with E-state index in [0.29, 0.717) is 17.7 Å². The van der Waals surface area contributed by atoms with Crippen molar-refractivity contribution in [2.45, 2.75) is 50.3 Å². The van der Waals surface area contributed by atoms with Gasteiger partial charge in [0.25, 0.3) is 0 Å². The van der Waals surface area contributed by atoms with E-state index >= 15 is 0 Å². The molecular weight excluding hydrogens is 256 g/mol. The first-order chi connectivity index (χ1) is 9.29. The molecule has 2 rings (SSSR count). The van der Waals surface area contributed by atoms with Gasteiger partial charge in [-0.3, -0.25) is 9.78 Å². The molecule has 0 bridgehead atoms. The van der Waals surface area contributed by atoms with Crippen LogP contribution in [0.1, 0.15) is 38.3 Å². The van der Waals surface area contributed by atoms with E-state index in [1.165, 1.54) is 12.8 Å². The standard InChI is InChI=1S/C15H22N2OS/c1-2-19-14-8-5-7-13(14)17-15(18)10-9-12-6-3-4-11-16-12/h3-4,6,11,13-14H,2,5,7-10H2,1H3,(H,17,18)/t13-,14+/m1/s1. The summed E-state index contributed by atoms with van der Waals surface area (Å²) in [5.74, 6) is 1.30. The Morgan fingerprint density at radius 3 is 3.11 bits per heavy atom. The summed E-state index contributed by atoms with van der Waals surface area (Å²) in [6.45, 7) is 2.18. The van der Waals surface area contributed by atoms with Crippen LogP contribution in [-0.4, -0.2) is 27.9 Å². The van der Waals surface area contributed by atoms with Crippen molar-refractivity contribution in [2.24, 2.45) is 0 Å². The molecule has 1 heterocycles. The third kappa shape index (κ3) is 4.53. The first kappa shape index (κ1) is 14.4. The highest BCUT2D eigenvalue weighted by Crippen LogP contribution is 2.29. The lowest BCUT2D eigenvalue weighted by atomic mass is 10.2. The molecule has 104 valence electrons. The fraction of sp³-hybridized carbons (Fsp3) is 0.600. The van der Waals surface area contributed by atoms with Crippen LogP contribution in [0.15, 0.2) is 24.4 Å². The number of nitrogens with one attached hydrogen (secondary N) is 1. The van der Waals surface area contributed by atoms with Crippen LogP contribution in [0.5, 0.6) is 0 Å². The molecule has 1 aromatic rings. The van der Waals surface area contributed by atoms with E-state index in [1.54, 1.807) is 6.20 Å². The zero-order valence-electron chi connectivity index (χ0n) is 11.5. The summed E-state index contributed by atoms with van der Waals surface area (Å²) in [5.41, 5.74) is 0.989. The van der Waals surface area contributed by atoms with Gasteiger partial charge >= 0.3 is 0 Å². The van der Waals surface area contributed by atoms with E-state index in [4.69, 9.17) is 0 Å². The van der Waals surface area contributed by atoms with Crippen molar-refractivity contribution in [2.75, 3.05) is 5.75 Å². The first-order valence-corrected chi connectivity index (χ1v) is 8.15. The predicted molar refractivity (Wildman–Crippen MR) is 80.3 cm³/mol. The Kier molecular flexibility index (Phi) is 5.70. The molecule has 1 N–H and O–H groups in total. The van der Waals surface area contributed by atoms with Gasteiger partial charge in [0, 0.05) is 29.6 Å². The number of carbonyl (C=O) groups excluding carboxylic acids is 1. The first-order valence-electron chi connectivity index (χ1n) is 7.10. The van der Waals surface area contributed by atoms with Crippen LogP contribution in [0.4, 0.5) is 0 Å². The van der Waals surface area contributed by atoms with Gasteiger partial charge in [0.1, 0.15) is 0 Å². The van der Waals surface area contributed by atoms with Gasteiger partial charge in [-0.2, -0.15) is 11.8 Å². The zero-order chi connectivity index (χ0) is 13.5. The van der Waals surface area contributed by atoms with E-state index in [9.17, 15) is 4.79 Å². The average Bonchev–Trinajstić information content (AvgIpc) is 2.85. The van der Waals surface area contributed by atoms with E-state index in [0.717, 1.165) is 24.3 Å². The highest BCUT2D eigenvalue weighted by atomic mass is 32.2. The summed E-state index contributed by atoms with van der Waals surface area (Å²) < 4.78 is 0. The molecule has 1 saturated carbocycles. The SMILES string of the molecule is CCS[C@H]1CCC[C@H]1NC(=O)CCc1ccccn1. The predicted octanol–water partition coefficient (Wildman–Crippen LogP) is 2.80. The maximum Gasteiger partial charge on any atom is 0.220 e. The molecular formula is C15H22N2OS. The number of aromatic nitrogens is 1.